The number of pyridine rings is 2. The fraction of sp³-hybridized carbons (Fsp3) is 0.0625. The molecule has 4 aliphatic heterocycles. The number of aromatic nitrogens is 6. The van der Waals surface area contributed by atoms with E-state index in [1.54, 1.807) is 73.6 Å². The van der Waals surface area contributed by atoms with Crippen molar-refractivity contribution in [3.8, 4) is 68.5 Å². The first-order valence-corrected chi connectivity index (χ1v) is 30.3. The number of nitrogen functional groups attached to an aromatic ring is 1. The van der Waals surface area contributed by atoms with E-state index in [2.05, 4.69) is 73.0 Å². The molecule has 0 aliphatic carbocycles. The van der Waals surface area contributed by atoms with Crippen molar-refractivity contribution in [1.29, 1.82) is 0 Å². The van der Waals surface area contributed by atoms with Crippen LogP contribution < -0.4 is 54.4 Å². The number of nitro groups is 2. The van der Waals surface area contributed by atoms with Gasteiger partial charge in [0, 0.05) is 73.8 Å². The Balaban J connectivity index is 0.000000123. The quantitative estimate of drug-likeness (QED) is 0.0361. The fourth-order valence-electron chi connectivity index (χ4n) is 9.44. The largest absolute Gasteiger partial charge is 0.488 e. The molecule has 24 nitrogen and oxygen atoms in total. The maximum absolute atomic E-state index is 14.5. The summed E-state index contributed by atoms with van der Waals surface area (Å²) in [4.78, 5) is 35.3. The van der Waals surface area contributed by atoms with Crippen molar-refractivity contribution < 1.29 is 79.7 Å². The minimum absolute atomic E-state index is 0.0470. The predicted octanol–water partition coefficient (Wildman–Crippen LogP) is 14.0. The van der Waals surface area contributed by atoms with Gasteiger partial charge in [0.25, 0.3) is 0 Å². The van der Waals surface area contributed by atoms with E-state index in [1.807, 2.05) is 69.8 Å². The summed E-state index contributed by atoms with van der Waals surface area (Å²) in [6.07, 6.45) is 9.60. The number of rotatable bonds is 8. The topological polar surface area (TPSA) is 300 Å². The summed E-state index contributed by atoms with van der Waals surface area (Å²) >= 11 is 9.20. The summed E-state index contributed by atoms with van der Waals surface area (Å²) in [7, 11) is -1.38. The Kier molecular flexibility index (Phi) is 20.9. The van der Waals surface area contributed by atoms with Crippen LogP contribution >= 0.6 is 47.8 Å². The Labute approximate surface area is 569 Å². The molecule has 12 aromatic rings. The van der Waals surface area contributed by atoms with Gasteiger partial charge in [-0.25, -0.2) is 18.7 Å². The first-order chi connectivity index (χ1) is 46.7. The summed E-state index contributed by atoms with van der Waals surface area (Å²) in [5, 5.41) is 41.0. The van der Waals surface area contributed by atoms with Gasteiger partial charge in [0.1, 0.15) is 29.4 Å². The fourth-order valence-corrected chi connectivity index (χ4v) is 10.7. The van der Waals surface area contributed by atoms with Gasteiger partial charge in [-0.1, -0.05) is 47.8 Å². The maximum Gasteiger partial charge on any atom is 0.488 e. The van der Waals surface area contributed by atoms with Crippen molar-refractivity contribution in [1.82, 2.24) is 29.1 Å². The summed E-state index contributed by atoms with van der Waals surface area (Å²) in [6.45, 7) is 0.872. The number of hydrogen-bond acceptors (Lipinski definition) is 20. The van der Waals surface area contributed by atoms with E-state index in [4.69, 9.17) is 53.7 Å². The van der Waals surface area contributed by atoms with Crippen LogP contribution in [0.1, 0.15) is 0 Å². The second-order valence-electron chi connectivity index (χ2n) is 20.1. The van der Waals surface area contributed by atoms with Crippen molar-refractivity contribution in [2.75, 3.05) is 38.2 Å². The highest BCUT2D eigenvalue weighted by molar-refractivity contribution is 9.11. The van der Waals surface area contributed by atoms with Gasteiger partial charge in [-0.3, -0.25) is 39.3 Å². The Morgan fingerprint density at radius 2 is 0.876 bits per heavy atom. The lowest BCUT2D eigenvalue weighted by Crippen LogP contribution is -2.29. The number of nitrogens with zero attached hydrogens (tertiary/aromatic N) is 8. The van der Waals surface area contributed by atoms with Gasteiger partial charge in [0.2, 0.25) is 44.6 Å². The second-order valence-corrected chi connectivity index (χ2v) is 22.8. The summed E-state index contributed by atoms with van der Waals surface area (Å²) in [5.74, 6) is 1.39. The Morgan fingerprint density at radius 3 is 1.38 bits per heavy atom. The number of imidazole rings is 2. The maximum atomic E-state index is 14.5. The number of anilines is 3. The van der Waals surface area contributed by atoms with Crippen molar-refractivity contribution in [3.05, 3.63) is 246 Å². The van der Waals surface area contributed by atoms with E-state index in [0.717, 1.165) is 52.2 Å². The number of nitrogens with one attached hydrogen (secondary N) is 1. The molecule has 0 saturated heterocycles. The normalized spacial score (nSPS) is 12.1. The van der Waals surface area contributed by atoms with E-state index in [0.29, 0.717) is 89.1 Å². The molecule has 0 amide bonds. The van der Waals surface area contributed by atoms with E-state index in [1.165, 1.54) is 30.6 Å². The first-order valence-electron chi connectivity index (χ1n) is 27.9. The van der Waals surface area contributed by atoms with Gasteiger partial charge < -0.3 is 59.0 Å². The zero-order valence-electron chi connectivity index (χ0n) is 49.2. The molecule has 97 heavy (non-hydrogen) atoms. The van der Waals surface area contributed by atoms with Crippen molar-refractivity contribution in [2.24, 2.45) is 0 Å². The van der Waals surface area contributed by atoms with Crippen molar-refractivity contribution >= 4 is 111 Å². The smallest absolute Gasteiger partial charge is 0.454 e. The van der Waals surface area contributed by atoms with Crippen LogP contribution in [0.2, 0.25) is 0 Å². The van der Waals surface area contributed by atoms with E-state index in [-0.39, 0.29) is 42.2 Å². The molecular weight excluding hydrogens is 1480 g/mol. The third-order valence-electron chi connectivity index (χ3n) is 13.9. The molecule has 4 aromatic heterocycles. The van der Waals surface area contributed by atoms with Gasteiger partial charge in [-0.2, -0.15) is 13.2 Å². The van der Waals surface area contributed by atoms with Crippen molar-refractivity contribution in [3.63, 3.8) is 0 Å². The number of nitrogens with two attached hydrogens (primary N) is 1. The van der Waals surface area contributed by atoms with Gasteiger partial charge in [0.05, 0.1) is 32.3 Å². The number of fused-ring (bicyclic) bond motifs is 6. The van der Waals surface area contributed by atoms with Crippen LogP contribution in [0.15, 0.2) is 196 Å². The summed E-state index contributed by atoms with van der Waals surface area (Å²) < 4.78 is 114. The summed E-state index contributed by atoms with van der Waals surface area (Å²) in [6, 6.07) is 39.1. The van der Waals surface area contributed by atoms with E-state index in [9.17, 15) is 42.2 Å². The van der Waals surface area contributed by atoms with E-state index >= 15 is 0 Å². The molecule has 5 N–H and O–H groups in total. The highest BCUT2D eigenvalue weighted by Crippen LogP contribution is 2.41. The van der Waals surface area contributed by atoms with Gasteiger partial charge in [0.15, 0.2) is 57.6 Å². The molecule has 33 heteroatoms. The molecule has 0 unspecified atom stereocenters. The van der Waals surface area contributed by atoms with Crippen LogP contribution in [0.4, 0.5) is 50.4 Å². The third kappa shape index (κ3) is 16.0. The SMILES string of the molecule is Fc1cc(-c2ccncc2)cc2c1ncn2-c1ccc2c(c1)OCO2.Fc1cc(Br)cc2c1ncn2-c1ccc2c(c1)OCO2.Nc1ccc2c(c1)OCO2.O=[N+]([O-])c1c(F)cc(Br)cc1F.O=[N+]([O-])c1c(F)cc(Br)cc1Nc1ccc2c(c1)OCO2.OB(O)c1ccncc1. The molecule has 0 fully saturated rings. The summed E-state index contributed by atoms with van der Waals surface area (Å²) in [5.41, 5.74) is 10.9. The lowest BCUT2D eigenvalue weighted by molar-refractivity contribution is -0.390. The number of benzene rings is 8. The lowest BCUT2D eigenvalue weighted by atomic mass is 9.81. The number of ether oxygens (including phenoxy) is 8. The van der Waals surface area contributed by atoms with Crippen LogP contribution in [0, 0.1) is 49.3 Å². The molecule has 0 bridgehead atoms. The average Bonchev–Trinajstić information content (AvgIpc) is 1.66. The van der Waals surface area contributed by atoms with Crippen LogP contribution in [0.5, 0.6) is 46.0 Å². The van der Waals surface area contributed by atoms with Crippen LogP contribution in [0.3, 0.4) is 0 Å². The molecule has 0 radical (unpaired) electrons. The van der Waals surface area contributed by atoms with Crippen LogP contribution in [-0.4, -0.2) is 83.3 Å². The predicted molar refractivity (Wildman–Crippen MR) is 354 cm³/mol. The van der Waals surface area contributed by atoms with Gasteiger partial charge in [-0.05, 0) is 138 Å². The highest BCUT2D eigenvalue weighted by atomic mass is 79.9. The number of nitro benzene ring substituents is 2. The standard InChI is InChI=1S/C19H12FN3O2.C14H8BrFN2O2.C13H8BrFN2O4.C7H7NO2.C6H2BrF2NO2.C5H6BNO2/c20-15-7-13(12-3-5-21-6-4-12)8-16-19(15)22-10-23(16)14-1-2-17-18(9-14)25-11-24-17;15-8-3-10(16)14-11(4-8)18(6-17-14)9-1-2-12-13(5-9)20-7-19-12;14-7-3-9(15)13(17(18)19)10(4-7)16-8-1-2-11-12(5-8)21-6-20-11;8-5-1-2-6-7(3-5)10-4-9-6;7-3-1-4(8)6(10(11)12)5(9)2-3;8-6(9)5-1-3-7-4-2-5/h1-10H,11H2;1-6H,7H2;1-5,16H,6H2;1-3H,4,8H2;1-2H;1-4,8-9H. The minimum atomic E-state index is -1.38. The average molecular weight is 1520 g/mol. The Morgan fingerprint density at radius 1 is 0.464 bits per heavy atom. The molecule has 8 aromatic carbocycles. The Hall–Kier alpha value is -11.1. The van der Waals surface area contributed by atoms with Gasteiger partial charge >= 0.3 is 18.5 Å². The molecule has 0 spiro atoms. The number of hydrogen-bond donors (Lipinski definition) is 4. The molecule has 8 heterocycles. The van der Waals surface area contributed by atoms with Crippen LogP contribution in [-0.2, 0) is 0 Å². The van der Waals surface area contributed by atoms with Crippen molar-refractivity contribution in [2.45, 2.75) is 0 Å². The minimum Gasteiger partial charge on any atom is -0.454 e. The number of halogens is 8. The Bertz CT molecular complexity index is 4900. The van der Waals surface area contributed by atoms with E-state index < -0.39 is 45.8 Å². The highest BCUT2D eigenvalue weighted by Gasteiger charge is 2.25. The zero-order chi connectivity index (χ0) is 68.4. The molecule has 4 aliphatic rings. The molecule has 16 rings (SSSR count). The monoisotopic (exact) mass is 1520 g/mol. The molecule has 0 atom stereocenters. The van der Waals surface area contributed by atoms with Crippen LogP contribution in [0.25, 0.3) is 44.6 Å². The second kappa shape index (κ2) is 30.1. The molecule has 0 saturated carbocycles. The zero-order valence-corrected chi connectivity index (χ0v) is 54.0. The first kappa shape index (κ1) is 67.3. The molecule has 492 valence electrons. The molecular formula is C64H43BBr3F5N10O14. The van der Waals surface area contributed by atoms with Gasteiger partial charge in [-0.15, -0.1) is 0 Å². The lowest BCUT2D eigenvalue weighted by Gasteiger charge is -2.09. The third-order valence-corrected chi connectivity index (χ3v) is 15.3.